The Balaban J connectivity index is 2.02. The number of carbonyl (C=O) groups is 1. The second-order valence-electron chi connectivity index (χ2n) is 6.27. The van der Waals surface area contributed by atoms with E-state index in [9.17, 15) is 4.79 Å². The molecule has 1 heterocycles. The van der Waals surface area contributed by atoms with Gasteiger partial charge in [0.05, 0.1) is 5.54 Å². The van der Waals surface area contributed by atoms with Crippen LogP contribution in [0.15, 0.2) is 0 Å². The van der Waals surface area contributed by atoms with Crippen LogP contribution in [0.3, 0.4) is 0 Å². The smallest absolute Gasteiger partial charge is 0.242 e. The number of rotatable bonds is 3. The zero-order valence-corrected chi connectivity index (χ0v) is 11.8. The van der Waals surface area contributed by atoms with E-state index in [0.29, 0.717) is 6.04 Å². The minimum Gasteiger partial charge on any atom is -0.337 e. The fraction of sp³-hybridized carbons (Fsp3) is 0.929. The summed E-state index contributed by atoms with van der Waals surface area (Å²) in [6.45, 7) is 1.86. The summed E-state index contributed by atoms with van der Waals surface area (Å²) in [4.78, 5) is 16.9. The van der Waals surface area contributed by atoms with Crippen LogP contribution < -0.4 is 5.73 Å². The molecule has 2 aliphatic rings. The highest BCUT2D eigenvalue weighted by atomic mass is 16.2. The second-order valence-corrected chi connectivity index (χ2v) is 6.27. The van der Waals surface area contributed by atoms with Gasteiger partial charge in [0.1, 0.15) is 0 Å². The lowest BCUT2D eigenvalue weighted by Crippen LogP contribution is -2.58. The van der Waals surface area contributed by atoms with Crippen LogP contribution in [0.2, 0.25) is 0 Å². The van der Waals surface area contributed by atoms with E-state index >= 15 is 0 Å². The monoisotopic (exact) mass is 253 g/mol. The van der Waals surface area contributed by atoms with E-state index in [-0.39, 0.29) is 5.91 Å². The van der Waals surface area contributed by atoms with Crippen LogP contribution in [0.1, 0.15) is 44.9 Å². The van der Waals surface area contributed by atoms with Crippen LogP contribution in [0, 0.1) is 0 Å². The Labute approximate surface area is 110 Å². The summed E-state index contributed by atoms with van der Waals surface area (Å²) in [6, 6.07) is 0.370. The molecule has 0 aromatic carbocycles. The summed E-state index contributed by atoms with van der Waals surface area (Å²) >= 11 is 0. The van der Waals surface area contributed by atoms with E-state index in [1.54, 1.807) is 0 Å². The average Bonchev–Trinajstić information content (AvgIpc) is 2.76. The van der Waals surface area contributed by atoms with E-state index in [4.69, 9.17) is 5.73 Å². The minimum absolute atomic E-state index is 0.214. The third-order valence-electron chi connectivity index (χ3n) is 4.39. The first-order valence-electron chi connectivity index (χ1n) is 7.28. The average molecular weight is 253 g/mol. The molecule has 2 N–H and O–H groups in total. The lowest BCUT2D eigenvalue weighted by molar-refractivity contribution is -0.139. The van der Waals surface area contributed by atoms with Crippen LogP contribution in [-0.2, 0) is 4.79 Å². The van der Waals surface area contributed by atoms with E-state index in [2.05, 4.69) is 23.9 Å². The fourth-order valence-electron chi connectivity index (χ4n) is 3.40. The summed E-state index contributed by atoms with van der Waals surface area (Å²) in [5.74, 6) is 0.214. The Kier molecular flexibility index (Phi) is 4.28. The molecule has 4 heteroatoms. The third-order valence-corrected chi connectivity index (χ3v) is 4.39. The maximum absolute atomic E-state index is 12.7. The number of hydrogen-bond donors (Lipinski definition) is 1. The quantitative estimate of drug-likeness (QED) is 0.822. The van der Waals surface area contributed by atoms with Gasteiger partial charge in [-0.2, -0.15) is 0 Å². The highest BCUT2D eigenvalue weighted by molar-refractivity contribution is 5.86. The largest absolute Gasteiger partial charge is 0.337 e. The predicted octanol–water partition coefficient (Wildman–Crippen LogP) is 1.20. The van der Waals surface area contributed by atoms with E-state index in [0.717, 1.165) is 51.6 Å². The summed E-state index contributed by atoms with van der Waals surface area (Å²) in [5.41, 5.74) is 5.81. The van der Waals surface area contributed by atoms with Crippen molar-refractivity contribution in [3.8, 4) is 0 Å². The SMILES string of the molecule is CN(C)CC1CCCN1C(=O)C1(N)CCCCC1. The molecule has 0 radical (unpaired) electrons. The van der Waals surface area contributed by atoms with Gasteiger partial charge in [0.25, 0.3) is 0 Å². The number of nitrogens with two attached hydrogens (primary N) is 1. The Hall–Kier alpha value is -0.610. The van der Waals surface area contributed by atoms with Gasteiger partial charge in [-0.15, -0.1) is 0 Å². The molecule has 18 heavy (non-hydrogen) atoms. The third kappa shape index (κ3) is 2.86. The molecule has 0 spiro atoms. The number of likely N-dealkylation sites (N-methyl/N-ethyl adjacent to an activating group) is 1. The molecule has 0 bridgehead atoms. The molecule has 1 unspecified atom stereocenters. The molecule has 2 rings (SSSR count). The molecule has 4 nitrogen and oxygen atoms in total. The summed E-state index contributed by atoms with van der Waals surface area (Å²) in [5, 5.41) is 0. The van der Waals surface area contributed by atoms with E-state index in [1.807, 2.05) is 0 Å². The molecular weight excluding hydrogens is 226 g/mol. The van der Waals surface area contributed by atoms with Crippen molar-refractivity contribution in [1.29, 1.82) is 0 Å². The van der Waals surface area contributed by atoms with Crippen molar-refractivity contribution in [2.75, 3.05) is 27.2 Å². The number of amides is 1. The van der Waals surface area contributed by atoms with Gasteiger partial charge >= 0.3 is 0 Å². The molecule has 1 atom stereocenters. The molecule has 1 saturated heterocycles. The van der Waals surface area contributed by atoms with Crippen LogP contribution in [0.5, 0.6) is 0 Å². The van der Waals surface area contributed by atoms with Gasteiger partial charge < -0.3 is 15.5 Å². The summed E-state index contributed by atoms with van der Waals surface area (Å²) in [7, 11) is 4.14. The first-order valence-corrected chi connectivity index (χ1v) is 7.28. The summed E-state index contributed by atoms with van der Waals surface area (Å²) in [6.07, 6.45) is 7.44. The Morgan fingerprint density at radius 3 is 2.56 bits per heavy atom. The number of carbonyl (C=O) groups excluding carboxylic acids is 1. The maximum Gasteiger partial charge on any atom is 0.242 e. The Morgan fingerprint density at radius 2 is 1.94 bits per heavy atom. The van der Waals surface area contributed by atoms with Crippen molar-refractivity contribution >= 4 is 5.91 Å². The molecule has 1 aliphatic heterocycles. The Morgan fingerprint density at radius 1 is 1.28 bits per heavy atom. The number of likely N-dealkylation sites (tertiary alicyclic amines) is 1. The topological polar surface area (TPSA) is 49.6 Å². The van der Waals surface area contributed by atoms with Crippen molar-refractivity contribution in [3.05, 3.63) is 0 Å². The first-order chi connectivity index (χ1) is 8.53. The maximum atomic E-state index is 12.7. The molecule has 1 saturated carbocycles. The van der Waals surface area contributed by atoms with Crippen molar-refractivity contribution in [2.45, 2.75) is 56.5 Å². The highest BCUT2D eigenvalue weighted by Crippen LogP contribution is 2.30. The molecule has 0 aromatic heterocycles. The summed E-state index contributed by atoms with van der Waals surface area (Å²) < 4.78 is 0. The van der Waals surface area contributed by atoms with Gasteiger partial charge in [0.15, 0.2) is 0 Å². The standard InChI is InChI=1S/C14H27N3O/c1-16(2)11-12-7-6-10-17(12)13(18)14(15)8-4-3-5-9-14/h12H,3-11,15H2,1-2H3. The fourth-order valence-corrected chi connectivity index (χ4v) is 3.40. The normalized spacial score (nSPS) is 27.8. The predicted molar refractivity (Wildman–Crippen MR) is 73.3 cm³/mol. The van der Waals surface area contributed by atoms with Gasteiger partial charge in [-0.25, -0.2) is 0 Å². The van der Waals surface area contributed by atoms with Crippen LogP contribution in [0.25, 0.3) is 0 Å². The lowest BCUT2D eigenvalue weighted by Gasteiger charge is -2.38. The zero-order valence-electron chi connectivity index (χ0n) is 11.8. The van der Waals surface area contributed by atoms with Crippen LogP contribution >= 0.6 is 0 Å². The molecular formula is C14H27N3O. The van der Waals surface area contributed by atoms with Gasteiger partial charge in [-0.05, 0) is 39.8 Å². The molecule has 104 valence electrons. The van der Waals surface area contributed by atoms with Crippen LogP contribution in [0.4, 0.5) is 0 Å². The minimum atomic E-state index is -0.562. The second kappa shape index (κ2) is 5.57. The molecule has 2 fully saturated rings. The lowest BCUT2D eigenvalue weighted by atomic mass is 9.81. The van der Waals surface area contributed by atoms with Gasteiger partial charge in [0, 0.05) is 19.1 Å². The van der Waals surface area contributed by atoms with Gasteiger partial charge in [0.2, 0.25) is 5.91 Å². The number of nitrogens with zero attached hydrogens (tertiary/aromatic N) is 2. The van der Waals surface area contributed by atoms with E-state index in [1.165, 1.54) is 6.42 Å². The Bertz CT molecular complexity index is 297. The van der Waals surface area contributed by atoms with Crippen molar-refractivity contribution < 1.29 is 4.79 Å². The van der Waals surface area contributed by atoms with Gasteiger partial charge in [-0.1, -0.05) is 19.3 Å². The zero-order chi connectivity index (χ0) is 13.2. The van der Waals surface area contributed by atoms with Crippen molar-refractivity contribution in [2.24, 2.45) is 5.73 Å². The van der Waals surface area contributed by atoms with Crippen molar-refractivity contribution in [1.82, 2.24) is 9.80 Å². The highest BCUT2D eigenvalue weighted by Gasteiger charge is 2.41. The van der Waals surface area contributed by atoms with Crippen LogP contribution in [-0.4, -0.2) is 54.5 Å². The molecule has 1 aliphatic carbocycles. The molecule has 0 aromatic rings. The number of hydrogen-bond acceptors (Lipinski definition) is 3. The first kappa shape index (κ1) is 13.8. The molecule has 1 amide bonds. The van der Waals surface area contributed by atoms with Crippen molar-refractivity contribution in [3.63, 3.8) is 0 Å². The van der Waals surface area contributed by atoms with Gasteiger partial charge in [-0.3, -0.25) is 4.79 Å². The van der Waals surface area contributed by atoms with E-state index < -0.39 is 5.54 Å².